The molecule has 0 rings (SSSR count). The molecule has 0 aromatic heterocycles. The molecule has 2 nitrogen and oxygen atoms in total. The van der Waals surface area contributed by atoms with E-state index in [2.05, 4.69) is 27.7 Å². The van der Waals surface area contributed by atoms with Gasteiger partial charge in [-0.3, -0.25) is 4.79 Å². The van der Waals surface area contributed by atoms with Crippen molar-refractivity contribution in [1.29, 1.82) is 0 Å². The fraction of sp³-hybridized carbons (Fsp3) is 0.944. The first-order valence-electron chi connectivity index (χ1n) is 8.59. The van der Waals surface area contributed by atoms with Crippen LogP contribution in [-0.4, -0.2) is 11.1 Å². The van der Waals surface area contributed by atoms with E-state index in [1.54, 1.807) is 0 Å². The lowest BCUT2D eigenvalue weighted by Crippen LogP contribution is -2.14. The van der Waals surface area contributed by atoms with E-state index in [4.69, 9.17) is 0 Å². The molecule has 0 aliphatic rings. The van der Waals surface area contributed by atoms with Gasteiger partial charge < -0.3 is 5.11 Å². The summed E-state index contributed by atoms with van der Waals surface area (Å²) >= 11 is 0. The van der Waals surface area contributed by atoms with Crippen molar-refractivity contribution < 1.29 is 9.90 Å². The van der Waals surface area contributed by atoms with Crippen molar-refractivity contribution in [2.45, 2.75) is 98.3 Å². The second-order valence-corrected chi connectivity index (χ2v) is 7.40. The summed E-state index contributed by atoms with van der Waals surface area (Å²) in [4.78, 5) is 11.3. The van der Waals surface area contributed by atoms with Crippen LogP contribution in [0.5, 0.6) is 0 Å². The van der Waals surface area contributed by atoms with E-state index < -0.39 is 5.97 Å². The van der Waals surface area contributed by atoms with Gasteiger partial charge in [0.25, 0.3) is 0 Å². The zero-order chi connectivity index (χ0) is 15.4. The molecule has 0 radical (unpaired) electrons. The zero-order valence-corrected chi connectivity index (χ0v) is 14.2. The maximum absolute atomic E-state index is 11.3. The van der Waals surface area contributed by atoms with Crippen molar-refractivity contribution in [1.82, 2.24) is 0 Å². The highest BCUT2D eigenvalue weighted by Crippen LogP contribution is 2.24. The fourth-order valence-corrected chi connectivity index (χ4v) is 2.61. The van der Waals surface area contributed by atoms with Gasteiger partial charge in [-0.15, -0.1) is 0 Å². The summed E-state index contributed by atoms with van der Waals surface area (Å²) < 4.78 is 0. The van der Waals surface area contributed by atoms with Crippen LogP contribution in [0, 0.1) is 11.3 Å². The second-order valence-electron chi connectivity index (χ2n) is 7.40. The Hall–Kier alpha value is -0.530. The van der Waals surface area contributed by atoms with E-state index >= 15 is 0 Å². The van der Waals surface area contributed by atoms with Crippen LogP contribution < -0.4 is 0 Å². The van der Waals surface area contributed by atoms with E-state index in [0.717, 1.165) is 32.1 Å². The predicted molar refractivity (Wildman–Crippen MR) is 87.0 cm³/mol. The van der Waals surface area contributed by atoms with Crippen LogP contribution in [0.25, 0.3) is 0 Å². The van der Waals surface area contributed by atoms with Crippen molar-refractivity contribution in [2.75, 3.05) is 0 Å². The summed E-state index contributed by atoms with van der Waals surface area (Å²) in [6.07, 6.45) is 12.6. The van der Waals surface area contributed by atoms with Crippen LogP contribution in [0.15, 0.2) is 0 Å². The van der Waals surface area contributed by atoms with Gasteiger partial charge in [0.1, 0.15) is 0 Å². The molecule has 1 atom stereocenters. The Kier molecular flexibility index (Phi) is 10.9. The van der Waals surface area contributed by atoms with Gasteiger partial charge in [0.15, 0.2) is 0 Å². The van der Waals surface area contributed by atoms with E-state index in [9.17, 15) is 9.90 Å². The average molecular weight is 284 g/mol. The Morgan fingerprint density at radius 2 is 1.40 bits per heavy atom. The van der Waals surface area contributed by atoms with Crippen molar-refractivity contribution >= 4 is 5.97 Å². The van der Waals surface area contributed by atoms with Gasteiger partial charge in [-0.25, -0.2) is 0 Å². The molecular weight excluding hydrogens is 248 g/mol. The molecule has 0 saturated carbocycles. The molecule has 0 bridgehead atoms. The minimum absolute atomic E-state index is 0.110. The van der Waals surface area contributed by atoms with E-state index in [1.165, 1.54) is 38.5 Å². The molecule has 1 unspecified atom stereocenters. The highest BCUT2D eigenvalue weighted by Gasteiger charge is 2.17. The Balaban J connectivity index is 3.69. The lowest BCUT2D eigenvalue weighted by molar-refractivity contribution is -0.142. The standard InChI is InChI=1S/C18H36O2/c1-5-6-7-8-9-10-13-16(17(19)20)14-11-12-15-18(2,3)4/h16H,5-15H2,1-4H3,(H,19,20). The topological polar surface area (TPSA) is 37.3 Å². The van der Waals surface area contributed by atoms with Gasteiger partial charge in [-0.05, 0) is 24.7 Å². The van der Waals surface area contributed by atoms with E-state index in [1.807, 2.05) is 0 Å². The highest BCUT2D eigenvalue weighted by molar-refractivity contribution is 5.69. The molecule has 0 saturated heterocycles. The van der Waals surface area contributed by atoms with Crippen molar-refractivity contribution in [3.05, 3.63) is 0 Å². The molecule has 0 aromatic rings. The predicted octanol–water partition coefficient (Wildman–Crippen LogP) is 6.04. The Bertz CT molecular complexity index is 240. The average Bonchev–Trinajstić information content (AvgIpc) is 2.34. The van der Waals surface area contributed by atoms with Crippen LogP contribution in [0.2, 0.25) is 0 Å². The van der Waals surface area contributed by atoms with E-state index in [-0.39, 0.29) is 5.92 Å². The van der Waals surface area contributed by atoms with Crippen LogP contribution in [0.3, 0.4) is 0 Å². The molecule has 0 aliphatic heterocycles. The normalized spacial score (nSPS) is 13.4. The third-order valence-corrected chi connectivity index (χ3v) is 3.98. The maximum atomic E-state index is 11.3. The zero-order valence-electron chi connectivity index (χ0n) is 14.2. The first kappa shape index (κ1) is 19.5. The van der Waals surface area contributed by atoms with Crippen molar-refractivity contribution in [3.8, 4) is 0 Å². The monoisotopic (exact) mass is 284 g/mol. The third-order valence-electron chi connectivity index (χ3n) is 3.98. The van der Waals surface area contributed by atoms with E-state index in [0.29, 0.717) is 5.41 Å². The minimum atomic E-state index is -0.589. The Labute approximate surface area is 126 Å². The molecule has 0 heterocycles. The van der Waals surface area contributed by atoms with Gasteiger partial charge in [-0.1, -0.05) is 79.1 Å². The van der Waals surface area contributed by atoms with Gasteiger partial charge in [0.05, 0.1) is 5.92 Å². The number of hydrogen-bond donors (Lipinski definition) is 1. The summed E-state index contributed by atoms with van der Waals surface area (Å²) in [5, 5.41) is 9.27. The van der Waals surface area contributed by atoms with Crippen LogP contribution in [0.4, 0.5) is 0 Å². The first-order valence-corrected chi connectivity index (χ1v) is 8.59. The molecule has 0 aliphatic carbocycles. The van der Waals surface area contributed by atoms with Crippen molar-refractivity contribution in [2.24, 2.45) is 11.3 Å². The summed E-state index contributed by atoms with van der Waals surface area (Å²) in [5.41, 5.74) is 0.373. The van der Waals surface area contributed by atoms with Gasteiger partial charge >= 0.3 is 5.97 Å². The minimum Gasteiger partial charge on any atom is -0.481 e. The number of aliphatic carboxylic acids is 1. The number of hydrogen-bond acceptors (Lipinski definition) is 1. The SMILES string of the molecule is CCCCCCCCC(CCCCC(C)(C)C)C(=O)O. The summed E-state index contributed by atoms with van der Waals surface area (Å²) in [6, 6.07) is 0. The van der Waals surface area contributed by atoms with Gasteiger partial charge in [-0.2, -0.15) is 0 Å². The number of carboxylic acid groups (broad SMARTS) is 1. The lowest BCUT2D eigenvalue weighted by Gasteiger charge is -2.18. The molecule has 0 aromatic carbocycles. The first-order chi connectivity index (χ1) is 9.37. The van der Waals surface area contributed by atoms with Gasteiger partial charge in [0.2, 0.25) is 0 Å². The summed E-state index contributed by atoms with van der Waals surface area (Å²) in [6.45, 7) is 8.96. The molecular formula is C18H36O2. The highest BCUT2D eigenvalue weighted by atomic mass is 16.4. The lowest BCUT2D eigenvalue weighted by atomic mass is 9.88. The number of carbonyl (C=O) groups is 1. The van der Waals surface area contributed by atoms with Gasteiger partial charge in [0, 0.05) is 0 Å². The summed E-state index contributed by atoms with van der Waals surface area (Å²) in [7, 11) is 0. The number of rotatable bonds is 12. The second kappa shape index (κ2) is 11.2. The molecule has 0 amide bonds. The molecule has 0 fully saturated rings. The fourth-order valence-electron chi connectivity index (χ4n) is 2.61. The largest absolute Gasteiger partial charge is 0.481 e. The molecule has 0 spiro atoms. The number of carboxylic acids is 1. The maximum Gasteiger partial charge on any atom is 0.306 e. The smallest absolute Gasteiger partial charge is 0.306 e. The molecule has 1 N–H and O–H groups in total. The molecule has 120 valence electrons. The third kappa shape index (κ3) is 12.5. The quantitative estimate of drug-likeness (QED) is 0.443. The van der Waals surface area contributed by atoms with Crippen LogP contribution >= 0.6 is 0 Å². The van der Waals surface area contributed by atoms with Crippen LogP contribution in [-0.2, 0) is 4.79 Å². The van der Waals surface area contributed by atoms with Crippen LogP contribution in [0.1, 0.15) is 98.3 Å². The Morgan fingerprint density at radius 1 is 0.900 bits per heavy atom. The number of unbranched alkanes of at least 4 members (excludes halogenated alkanes) is 6. The summed E-state index contributed by atoms with van der Waals surface area (Å²) in [5.74, 6) is -0.699. The molecule has 2 heteroatoms. The molecule has 20 heavy (non-hydrogen) atoms. The Morgan fingerprint density at radius 3 is 1.90 bits per heavy atom. The van der Waals surface area contributed by atoms with Crippen molar-refractivity contribution in [3.63, 3.8) is 0 Å².